The molecular formula is C32H39N9O3S. The highest BCUT2D eigenvalue weighted by atomic mass is 32.2. The van der Waals surface area contributed by atoms with Gasteiger partial charge in [-0.2, -0.15) is 9.19 Å². The maximum Gasteiger partial charge on any atom is 0.256 e. The summed E-state index contributed by atoms with van der Waals surface area (Å²) in [4.78, 5) is 20.9. The van der Waals surface area contributed by atoms with Crippen LogP contribution in [0.4, 0.5) is 23.0 Å². The second-order valence-corrected chi connectivity index (χ2v) is 14.8. The zero-order valence-corrected chi connectivity index (χ0v) is 26.2. The van der Waals surface area contributed by atoms with E-state index in [0.717, 1.165) is 65.5 Å². The van der Waals surface area contributed by atoms with Crippen molar-refractivity contribution in [3.63, 3.8) is 0 Å². The molecule has 7 rings (SSSR count). The number of aromatic nitrogens is 6. The summed E-state index contributed by atoms with van der Waals surface area (Å²) in [5, 5.41) is 21.2. The molecule has 2 saturated carbocycles. The normalized spacial score (nSPS) is 22.3. The highest BCUT2D eigenvalue weighted by Crippen LogP contribution is 2.35. The molecule has 0 spiro atoms. The van der Waals surface area contributed by atoms with E-state index in [1.165, 1.54) is 31.7 Å². The quantitative estimate of drug-likeness (QED) is 0.230. The standard InChI is InChI=1S/C32H39N9O3S/c1-32(42)12-9-23(10-13-32)37-28-17-30(35-20-26(28)27-8-5-24(19-34-27)40-15-3-2-4-16-40)38-29-11-14-33-31(39-29)22-18-36-41(21-22)45(43,44)25-6-7-25/h5,8,11,14,17-21,23,25,42H,2-4,6-7,9-10,12-13,15-16H2,1H3,(H2,33,35,37,38,39). The van der Waals surface area contributed by atoms with Crippen LogP contribution in [0.5, 0.6) is 0 Å². The van der Waals surface area contributed by atoms with E-state index >= 15 is 0 Å². The predicted octanol–water partition coefficient (Wildman–Crippen LogP) is 4.98. The van der Waals surface area contributed by atoms with E-state index in [2.05, 4.69) is 42.7 Å². The van der Waals surface area contributed by atoms with Gasteiger partial charge >= 0.3 is 0 Å². The predicted molar refractivity (Wildman–Crippen MR) is 174 cm³/mol. The molecular weight excluding hydrogens is 590 g/mol. The van der Waals surface area contributed by atoms with Crippen molar-refractivity contribution in [2.45, 2.75) is 81.6 Å². The van der Waals surface area contributed by atoms with Gasteiger partial charge in [0.25, 0.3) is 10.0 Å². The summed E-state index contributed by atoms with van der Waals surface area (Å²) in [6.45, 7) is 4.03. The van der Waals surface area contributed by atoms with Crippen LogP contribution in [0.3, 0.4) is 0 Å². The molecule has 45 heavy (non-hydrogen) atoms. The van der Waals surface area contributed by atoms with Crippen molar-refractivity contribution in [2.75, 3.05) is 28.6 Å². The second-order valence-electron chi connectivity index (χ2n) is 12.7. The summed E-state index contributed by atoms with van der Waals surface area (Å²) in [5.41, 5.74) is 3.67. The Morgan fingerprint density at radius 2 is 1.73 bits per heavy atom. The van der Waals surface area contributed by atoms with Crippen molar-refractivity contribution in [1.82, 2.24) is 29.1 Å². The average molecular weight is 630 g/mol. The molecule has 4 aromatic rings. The number of hydrogen-bond donors (Lipinski definition) is 3. The van der Waals surface area contributed by atoms with Crippen LogP contribution < -0.4 is 15.5 Å². The largest absolute Gasteiger partial charge is 0.390 e. The van der Waals surface area contributed by atoms with Crippen LogP contribution >= 0.6 is 0 Å². The van der Waals surface area contributed by atoms with Crippen molar-refractivity contribution in [2.24, 2.45) is 0 Å². The van der Waals surface area contributed by atoms with Gasteiger partial charge in [-0.1, -0.05) is 0 Å². The Balaban J connectivity index is 1.14. The summed E-state index contributed by atoms with van der Waals surface area (Å²) in [6, 6.07) is 8.11. The van der Waals surface area contributed by atoms with Crippen LogP contribution in [0.1, 0.15) is 64.7 Å². The third kappa shape index (κ3) is 6.64. The molecule has 4 aromatic heterocycles. The van der Waals surface area contributed by atoms with Crippen LogP contribution in [0.25, 0.3) is 22.6 Å². The minimum absolute atomic E-state index is 0.209. The first kappa shape index (κ1) is 29.6. The molecule has 0 atom stereocenters. The molecule has 13 heteroatoms. The van der Waals surface area contributed by atoms with E-state index in [-0.39, 0.29) is 11.3 Å². The highest BCUT2D eigenvalue weighted by molar-refractivity contribution is 7.90. The number of nitrogens with one attached hydrogen (secondary N) is 2. The fourth-order valence-corrected chi connectivity index (χ4v) is 7.59. The average Bonchev–Trinajstić information content (AvgIpc) is 3.80. The molecule has 236 valence electrons. The lowest BCUT2D eigenvalue weighted by atomic mass is 9.83. The van der Waals surface area contributed by atoms with Gasteiger partial charge in [0, 0.05) is 48.8 Å². The van der Waals surface area contributed by atoms with E-state index in [9.17, 15) is 13.5 Å². The molecule has 0 radical (unpaired) electrons. The molecule has 0 bridgehead atoms. The van der Waals surface area contributed by atoms with Crippen LogP contribution in [0.2, 0.25) is 0 Å². The lowest BCUT2D eigenvalue weighted by molar-refractivity contribution is 0.0196. The summed E-state index contributed by atoms with van der Waals surface area (Å²) >= 11 is 0. The fraction of sp³-hybridized carbons (Fsp3) is 0.469. The number of anilines is 4. The van der Waals surface area contributed by atoms with E-state index in [4.69, 9.17) is 9.97 Å². The molecule has 1 aliphatic heterocycles. The van der Waals surface area contributed by atoms with Gasteiger partial charge in [0.2, 0.25) is 0 Å². The van der Waals surface area contributed by atoms with Gasteiger partial charge in [-0.3, -0.25) is 4.98 Å². The Kier molecular flexibility index (Phi) is 7.90. The third-order valence-corrected chi connectivity index (χ3v) is 11.0. The van der Waals surface area contributed by atoms with E-state index in [1.807, 2.05) is 25.4 Å². The van der Waals surface area contributed by atoms with Crippen LogP contribution in [-0.4, -0.2) is 72.6 Å². The first-order valence-corrected chi connectivity index (χ1v) is 17.3. The second kappa shape index (κ2) is 12.0. The number of aliphatic hydroxyl groups is 1. The number of pyridine rings is 2. The summed E-state index contributed by atoms with van der Waals surface area (Å²) in [5.74, 6) is 1.46. The van der Waals surface area contributed by atoms with E-state index < -0.39 is 15.6 Å². The molecule has 2 aliphatic carbocycles. The topological polar surface area (TPSA) is 151 Å². The minimum atomic E-state index is -3.47. The van der Waals surface area contributed by atoms with E-state index in [1.54, 1.807) is 12.3 Å². The molecule has 0 unspecified atom stereocenters. The van der Waals surface area contributed by atoms with Gasteiger partial charge in [-0.15, -0.1) is 0 Å². The number of nitrogens with zero attached hydrogens (tertiary/aromatic N) is 7. The maximum atomic E-state index is 12.6. The lowest BCUT2D eigenvalue weighted by Gasteiger charge is -2.34. The summed E-state index contributed by atoms with van der Waals surface area (Å²) in [6.07, 6.45) is 16.6. The smallest absolute Gasteiger partial charge is 0.256 e. The summed E-state index contributed by atoms with van der Waals surface area (Å²) in [7, 11) is -3.47. The zero-order chi connectivity index (χ0) is 31.0. The lowest BCUT2D eigenvalue weighted by Crippen LogP contribution is -2.35. The van der Waals surface area contributed by atoms with E-state index in [0.29, 0.717) is 35.9 Å². The molecule has 3 N–H and O–H groups in total. The third-order valence-electron chi connectivity index (χ3n) is 9.01. The molecule has 5 heterocycles. The van der Waals surface area contributed by atoms with Crippen LogP contribution in [0.15, 0.2) is 55.2 Å². The summed E-state index contributed by atoms with van der Waals surface area (Å²) < 4.78 is 26.2. The number of rotatable bonds is 9. The van der Waals surface area contributed by atoms with Gasteiger partial charge in [0.1, 0.15) is 11.6 Å². The van der Waals surface area contributed by atoms with Gasteiger partial charge < -0.3 is 20.6 Å². The van der Waals surface area contributed by atoms with Crippen molar-refractivity contribution >= 4 is 33.0 Å². The Morgan fingerprint density at radius 1 is 0.933 bits per heavy atom. The monoisotopic (exact) mass is 629 g/mol. The van der Waals surface area contributed by atoms with Crippen molar-refractivity contribution in [3.8, 4) is 22.6 Å². The molecule has 3 fully saturated rings. The van der Waals surface area contributed by atoms with Crippen molar-refractivity contribution in [3.05, 3.63) is 55.2 Å². The van der Waals surface area contributed by atoms with Crippen LogP contribution in [-0.2, 0) is 10.0 Å². The van der Waals surface area contributed by atoms with Crippen LogP contribution in [0, 0.1) is 0 Å². The molecule has 1 saturated heterocycles. The maximum absolute atomic E-state index is 12.6. The minimum Gasteiger partial charge on any atom is -0.390 e. The Bertz CT molecular complexity index is 1750. The Hall–Kier alpha value is -4.10. The van der Waals surface area contributed by atoms with Gasteiger partial charge in [0.05, 0.1) is 46.4 Å². The van der Waals surface area contributed by atoms with Gasteiger partial charge in [0.15, 0.2) is 5.82 Å². The number of hydrogen-bond acceptors (Lipinski definition) is 11. The SMILES string of the molecule is CC1(O)CCC(Nc2cc(Nc3ccnc(-c4cnn(S(=O)(=O)C5CC5)c4)n3)ncc2-c2ccc(N3CCCCC3)cn2)CC1. The van der Waals surface area contributed by atoms with Crippen molar-refractivity contribution < 1.29 is 13.5 Å². The molecule has 0 amide bonds. The fourth-order valence-electron chi connectivity index (χ4n) is 6.11. The number of piperidine rings is 1. The first-order chi connectivity index (χ1) is 21.7. The van der Waals surface area contributed by atoms with Gasteiger partial charge in [-0.05, 0) is 82.9 Å². The first-order valence-electron chi connectivity index (χ1n) is 15.8. The molecule has 3 aliphatic rings. The molecule has 0 aromatic carbocycles. The zero-order valence-electron chi connectivity index (χ0n) is 25.4. The van der Waals surface area contributed by atoms with Crippen molar-refractivity contribution in [1.29, 1.82) is 0 Å². The van der Waals surface area contributed by atoms with Gasteiger partial charge in [-0.25, -0.2) is 23.4 Å². The Morgan fingerprint density at radius 3 is 2.47 bits per heavy atom. The Labute approximate surface area is 263 Å². The molecule has 12 nitrogen and oxygen atoms in total. The highest BCUT2D eigenvalue weighted by Gasteiger charge is 2.37.